The topological polar surface area (TPSA) is 41.1 Å². The number of carbonyl (C=O) groups is 1. The van der Waals surface area contributed by atoms with Gasteiger partial charge in [-0.25, -0.2) is 0 Å². The second kappa shape index (κ2) is 7.06. The van der Waals surface area contributed by atoms with Crippen molar-refractivity contribution in [2.45, 2.75) is 43.4 Å². The Morgan fingerprint density at radius 1 is 1.50 bits per heavy atom. The lowest BCUT2D eigenvalue weighted by Gasteiger charge is -2.29. The quantitative estimate of drug-likeness (QED) is 0.810. The molecular weight excluding hydrogens is 264 g/mol. The number of nitrogens with one attached hydrogen (secondary N) is 2. The highest BCUT2D eigenvalue weighted by molar-refractivity contribution is 8.06. The zero-order valence-corrected chi connectivity index (χ0v) is 12.8. The predicted molar refractivity (Wildman–Crippen MR) is 81.5 cm³/mol. The Morgan fingerprint density at radius 2 is 2.39 bits per heavy atom. The van der Waals surface area contributed by atoms with Crippen molar-refractivity contribution in [2.24, 2.45) is 0 Å². The van der Waals surface area contributed by atoms with E-state index in [0.29, 0.717) is 5.25 Å². The summed E-state index contributed by atoms with van der Waals surface area (Å²) >= 11 is 4.01. The second-order valence-corrected chi connectivity index (χ2v) is 7.70. The van der Waals surface area contributed by atoms with Crippen molar-refractivity contribution in [1.82, 2.24) is 10.6 Å². The highest BCUT2D eigenvalue weighted by atomic mass is 32.2. The lowest BCUT2D eigenvalue weighted by atomic mass is 9.91. The Labute approximate surface area is 119 Å². The number of hydrogen-bond acceptors (Lipinski definition) is 4. The minimum Gasteiger partial charge on any atom is -0.353 e. The van der Waals surface area contributed by atoms with E-state index >= 15 is 0 Å². The van der Waals surface area contributed by atoms with Gasteiger partial charge in [0.25, 0.3) is 0 Å². The summed E-state index contributed by atoms with van der Waals surface area (Å²) < 4.78 is 0. The Balaban J connectivity index is 1.81. The van der Waals surface area contributed by atoms with Gasteiger partial charge in [-0.2, -0.15) is 23.5 Å². The number of rotatable bonds is 5. The van der Waals surface area contributed by atoms with Crippen LogP contribution in [-0.4, -0.2) is 47.0 Å². The lowest BCUT2D eigenvalue weighted by Crippen LogP contribution is -2.54. The lowest BCUT2D eigenvalue weighted by molar-refractivity contribution is -0.127. The van der Waals surface area contributed by atoms with Gasteiger partial charge >= 0.3 is 0 Å². The SMILES string of the molecule is CCCC1(C(=O)NCC2CSCCS2)CCCN1. The summed E-state index contributed by atoms with van der Waals surface area (Å²) in [7, 11) is 0. The molecule has 0 bridgehead atoms. The van der Waals surface area contributed by atoms with E-state index in [2.05, 4.69) is 17.6 Å². The fourth-order valence-corrected chi connectivity index (χ4v) is 5.40. The largest absolute Gasteiger partial charge is 0.353 e. The molecule has 0 spiro atoms. The smallest absolute Gasteiger partial charge is 0.240 e. The molecule has 2 aliphatic rings. The van der Waals surface area contributed by atoms with E-state index in [-0.39, 0.29) is 11.4 Å². The van der Waals surface area contributed by atoms with Crippen molar-refractivity contribution in [3.63, 3.8) is 0 Å². The summed E-state index contributed by atoms with van der Waals surface area (Å²) in [5.41, 5.74) is -0.263. The van der Waals surface area contributed by atoms with Gasteiger partial charge in [-0.15, -0.1) is 0 Å². The third-order valence-electron chi connectivity index (χ3n) is 3.73. The van der Waals surface area contributed by atoms with Gasteiger partial charge in [0.05, 0.1) is 5.54 Å². The summed E-state index contributed by atoms with van der Waals surface area (Å²) in [4.78, 5) is 12.4. The first-order valence-electron chi connectivity index (χ1n) is 6.99. The molecule has 0 aromatic carbocycles. The number of carbonyl (C=O) groups excluding carboxylic acids is 1. The van der Waals surface area contributed by atoms with Gasteiger partial charge in [-0.05, 0) is 25.8 Å². The summed E-state index contributed by atoms with van der Waals surface area (Å²) in [6.45, 7) is 3.98. The molecule has 2 N–H and O–H groups in total. The molecule has 0 aromatic rings. The van der Waals surface area contributed by atoms with Crippen molar-refractivity contribution in [1.29, 1.82) is 0 Å². The molecule has 0 saturated carbocycles. The molecule has 0 radical (unpaired) electrons. The summed E-state index contributed by atoms with van der Waals surface area (Å²) in [6.07, 6.45) is 4.15. The minimum absolute atomic E-state index is 0.234. The average Bonchev–Trinajstić information content (AvgIpc) is 2.87. The van der Waals surface area contributed by atoms with Crippen LogP contribution in [0.1, 0.15) is 32.6 Å². The Bertz CT molecular complexity index is 274. The van der Waals surface area contributed by atoms with Crippen LogP contribution >= 0.6 is 23.5 Å². The van der Waals surface area contributed by atoms with Crippen molar-refractivity contribution >= 4 is 29.4 Å². The molecule has 2 rings (SSSR count). The van der Waals surface area contributed by atoms with Crippen molar-refractivity contribution in [2.75, 3.05) is 30.3 Å². The standard InChI is InChI=1S/C13H24N2OS2/c1-2-4-13(5-3-6-15-13)12(16)14-9-11-10-17-7-8-18-11/h11,15H,2-10H2,1H3,(H,14,16). The van der Waals surface area contributed by atoms with Crippen molar-refractivity contribution < 1.29 is 4.79 Å². The van der Waals surface area contributed by atoms with Crippen LogP contribution in [0.3, 0.4) is 0 Å². The fourth-order valence-electron chi connectivity index (χ4n) is 2.78. The molecule has 0 aromatic heterocycles. The maximum Gasteiger partial charge on any atom is 0.240 e. The summed E-state index contributed by atoms with van der Waals surface area (Å²) in [6, 6.07) is 0. The van der Waals surface area contributed by atoms with Crippen LogP contribution in [0.15, 0.2) is 0 Å². The van der Waals surface area contributed by atoms with Gasteiger partial charge in [-0.3, -0.25) is 4.79 Å². The molecule has 2 fully saturated rings. The van der Waals surface area contributed by atoms with Crippen LogP contribution in [0.5, 0.6) is 0 Å². The summed E-state index contributed by atoms with van der Waals surface area (Å²) in [5.74, 6) is 3.90. The van der Waals surface area contributed by atoms with E-state index in [9.17, 15) is 4.79 Å². The van der Waals surface area contributed by atoms with Crippen LogP contribution in [0.4, 0.5) is 0 Å². The Morgan fingerprint density at radius 3 is 3.00 bits per heavy atom. The fraction of sp³-hybridized carbons (Fsp3) is 0.923. The van der Waals surface area contributed by atoms with Crippen LogP contribution in [0, 0.1) is 0 Å². The van der Waals surface area contributed by atoms with Crippen LogP contribution in [0.25, 0.3) is 0 Å². The molecule has 1 amide bonds. The third kappa shape index (κ3) is 3.58. The zero-order valence-electron chi connectivity index (χ0n) is 11.2. The average molecular weight is 288 g/mol. The molecule has 2 aliphatic heterocycles. The van der Waals surface area contributed by atoms with Crippen molar-refractivity contribution in [3.05, 3.63) is 0 Å². The maximum atomic E-state index is 12.4. The van der Waals surface area contributed by atoms with Gasteiger partial charge in [0.1, 0.15) is 0 Å². The molecular formula is C13H24N2OS2. The number of hydrogen-bond donors (Lipinski definition) is 2. The van der Waals surface area contributed by atoms with E-state index < -0.39 is 0 Å². The van der Waals surface area contributed by atoms with Gasteiger partial charge in [0, 0.05) is 29.1 Å². The van der Waals surface area contributed by atoms with Gasteiger partial charge < -0.3 is 10.6 Å². The van der Waals surface area contributed by atoms with Gasteiger partial charge in [0.15, 0.2) is 0 Å². The van der Waals surface area contributed by atoms with E-state index in [1.54, 1.807) is 0 Å². The predicted octanol–water partition coefficient (Wildman–Crippen LogP) is 1.87. The van der Waals surface area contributed by atoms with E-state index in [4.69, 9.17) is 0 Å². The zero-order chi connectivity index (χ0) is 12.8. The first-order chi connectivity index (χ1) is 8.77. The molecule has 104 valence electrons. The number of thioether (sulfide) groups is 2. The first-order valence-corrected chi connectivity index (χ1v) is 9.20. The first kappa shape index (κ1) is 14.5. The van der Waals surface area contributed by atoms with Gasteiger partial charge in [0.2, 0.25) is 5.91 Å². The van der Waals surface area contributed by atoms with Crippen LogP contribution in [-0.2, 0) is 4.79 Å². The van der Waals surface area contributed by atoms with E-state index in [0.717, 1.165) is 38.8 Å². The Hall–Kier alpha value is 0.130. The molecule has 2 heterocycles. The highest BCUT2D eigenvalue weighted by Gasteiger charge is 2.39. The molecule has 5 heteroatoms. The molecule has 0 aliphatic carbocycles. The van der Waals surface area contributed by atoms with Crippen molar-refractivity contribution in [3.8, 4) is 0 Å². The molecule has 18 heavy (non-hydrogen) atoms. The molecule has 3 nitrogen and oxygen atoms in total. The molecule has 2 unspecified atom stereocenters. The molecule has 2 atom stereocenters. The maximum absolute atomic E-state index is 12.4. The van der Waals surface area contributed by atoms with Crippen LogP contribution < -0.4 is 10.6 Å². The summed E-state index contributed by atoms with van der Waals surface area (Å²) in [5, 5.41) is 7.22. The second-order valence-electron chi connectivity index (χ2n) is 5.14. The monoisotopic (exact) mass is 288 g/mol. The van der Waals surface area contributed by atoms with E-state index in [1.165, 1.54) is 17.3 Å². The minimum atomic E-state index is -0.263. The van der Waals surface area contributed by atoms with Crippen LogP contribution in [0.2, 0.25) is 0 Å². The number of amides is 1. The highest BCUT2D eigenvalue weighted by Crippen LogP contribution is 2.26. The molecule has 2 saturated heterocycles. The van der Waals surface area contributed by atoms with E-state index in [1.807, 2.05) is 23.5 Å². The Kier molecular flexibility index (Phi) is 5.70. The third-order valence-corrected chi connectivity index (χ3v) is 6.58. The van der Waals surface area contributed by atoms with Gasteiger partial charge in [-0.1, -0.05) is 13.3 Å². The normalized spacial score (nSPS) is 32.4.